The van der Waals surface area contributed by atoms with Crippen molar-refractivity contribution in [3.05, 3.63) is 65.6 Å². The van der Waals surface area contributed by atoms with Gasteiger partial charge in [0.2, 0.25) is 0 Å². The van der Waals surface area contributed by atoms with Gasteiger partial charge in [-0.05, 0) is 42.7 Å². The van der Waals surface area contributed by atoms with Gasteiger partial charge in [-0.1, -0.05) is 18.9 Å². The molecule has 0 aliphatic heterocycles. The van der Waals surface area contributed by atoms with Gasteiger partial charge in [-0.2, -0.15) is 5.10 Å². The molecule has 0 spiro atoms. The lowest BCUT2D eigenvalue weighted by Crippen LogP contribution is -2.24. The van der Waals surface area contributed by atoms with Crippen LogP contribution in [0.2, 0.25) is 0 Å². The summed E-state index contributed by atoms with van der Waals surface area (Å²) in [5.41, 5.74) is 7.82. The molecule has 6 aromatic rings. The monoisotopic (exact) mass is 463 g/mol. The molecule has 0 saturated heterocycles. The number of rotatable bonds is 3. The first-order chi connectivity index (χ1) is 17.1. The molecule has 174 valence electrons. The third-order valence-electron chi connectivity index (χ3n) is 7.56. The molecule has 5 aromatic heterocycles. The Morgan fingerprint density at radius 2 is 1.77 bits per heavy atom. The zero-order valence-corrected chi connectivity index (χ0v) is 19.7. The number of fused-ring (bicyclic) bond motifs is 4. The van der Waals surface area contributed by atoms with Crippen molar-refractivity contribution in [3.8, 4) is 22.4 Å². The standard InChI is InChI=1S/C27H25N7O/c1-32-21-15-29-26-23(25(21)34(27(32)35)19-5-3-4-6-19)22(24(31-26)16-9-11-28-12-10-16)17-7-8-20-18(13-17)14-30-33(20)2/h7-15,19H,3-6H2,1-2H3,(H,29,31). The highest BCUT2D eigenvalue weighted by Crippen LogP contribution is 2.42. The Balaban J connectivity index is 1.64. The molecule has 1 aliphatic rings. The smallest absolute Gasteiger partial charge is 0.329 e. The van der Waals surface area contributed by atoms with Crippen molar-refractivity contribution < 1.29 is 0 Å². The maximum Gasteiger partial charge on any atom is 0.329 e. The summed E-state index contributed by atoms with van der Waals surface area (Å²) in [6.07, 6.45) is 11.7. The summed E-state index contributed by atoms with van der Waals surface area (Å²) in [4.78, 5) is 26.1. The molecular formula is C27H25N7O. The Morgan fingerprint density at radius 3 is 2.57 bits per heavy atom. The molecule has 0 atom stereocenters. The zero-order valence-electron chi connectivity index (χ0n) is 19.7. The van der Waals surface area contributed by atoms with Crippen LogP contribution in [0.5, 0.6) is 0 Å². The molecule has 1 aliphatic carbocycles. The van der Waals surface area contributed by atoms with Crippen LogP contribution in [0, 0.1) is 0 Å². The number of aryl methyl sites for hydroxylation is 2. The van der Waals surface area contributed by atoms with Gasteiger partial charge in [0.15, 0.2) is 0 Å². The van der Waals surface area contributed by atoms with Crippen LogP contribution in [0.15, 0.2) is 59.9 Å². The molecule has 5 heterocycles. The molecule has 8 heteroatoms. The van der Waals surface area contributed by atoms with Crippen molar-refractivity contribution in [2.24, 2.45) is 14.1 Å². The van der Waals surface area contributed by atoms with Gasteiger partial charge in [0.25, 0.3) is 0 Å². The first-order valence-corrected chi connectivity index (χ1v) is 12.1. The van der Waals surface area contributed by atoms with E-state index in [1.54, 1.807) is 17.0 Å². The van der Waals surface area contributed by atoms with Gasteiger partial charge in [-0.25, -0.2) is 9.78 Å². The SMILES string of the molecule is Cn1ncc2cc(-c3c(-c4ccncc4)[nH]c4ncc5c(c34)n(C3CCCC3)c(=O)n5C)ccc21. The second kappa shape index (κ2) is 7.40. The predicted molar refractivity (Wildman–Crippen MR) is 137 cm³/mol. The van der Waals surface area contributed by atoms with E-state index in [0.29, 0.717) is 0 Å². The van der Waals surface area contributed by atoms with Gasteiger partial charge in [0.05, 0.1) is 40.0 Å². The Kier molecular flexibility index (Phi) is 4.27. The minimum absolute atomic E-state index is 0.0292. The van der Waals surface area contributed by atoms with E-state index in [-0.39, 0.29) is 11.7 Å². The zero-order chi connectivity index (χ0) is 23.7. The van der Waals surface area contributed by atoms with Gasteiger partial charge in [-0.3, -0.25) is 18.8 Å². The number of benzene rings is 1. The summed E-state index contributed by atoms with van der Waals surface area (Å²) in [6.45, 7) is 0. The molecule has 7 rings (SSSR count). The van der Waals surface area contributed by atoms with Gasteiger partial charge >= 0.3 is 5.69 Å². The Hall–Kier alpha value is -4.20. The van der Waals surface area contributed by atoms with Crippen LogP contribution in [0.25, 0.3) is 55.4 Å². The molecule has 0 unspecified atom stereocenters. The van der Waals surface area contributed by atoms with E-state index in [1.165, 1.54) is 0 Å². The number of imidazole rings is 1. The fraction of sp³-hybridized carbons (Fsp3) is 0.259. The predicted octanol–water partition coefficient (Wildman–Crippen LogP) is 4.95. The lowest BCUT2D eigenvalue weighted by Gasteiger charge is -2.13. The summed E-state index contributed by atoms with van der Waals surface area (Å²) in [7, 11) is 3.80. The highest BCUT2D eigenvalue weighted by atomic mass is 16.1. The molecule has 8 nitrogen and oxygen atoms in total. The second-order valence-electron chi connectivity index (χ2n) is 9.52. The number of pyridine rings is 2. The van der Waals surface area contributed by atoms with E-state index in [0.717, 1.165) is 81.0 Å². The lowest BCUT2D eigenvalue weighted by molar-refractivity contribution is 0.510. The maximum atomic E-state index is 13.5. The Morgan fingerprint density at radius 1 is 0.971 bits per heavy atom. The normalized spacial score (nSPS) is 14.7. The van der Waals surface area contributed by atoms with E-state index >= 15 is 0 Å². The fourth-order valence-corrected chi connectivity index (χ4v) is 5.82. The van der Waals surface area contributed by atoms with Crippen molar-refractivity contribution in [1.82, 2.24) is 33.9 Å². The first-order valence-electron chi connectivity index (χ1n) is 12.1. The van der Waals surface area contributed by atoms with Crippen LogP contribution < -0.4 is 5.69 Å². The number of aromatic nitrogens is 7. The van der Waals surface area contributed by atoms with Crippen molar-refractivity contribution in [2.45, 2.75) is 31.7 Å². The molecule has 0 amide bonds. The largest absolute Gasteiger partial charge is 0.339 e. The fourth-order valence-electron chi connectivity index (χ4n) is 5.82. The minimum Gasteiger partial charge on any atom is -0.339 e. The number of hydrogen-bond donors (Lipinski definition) is 1. The molecule has 1 N–H and O–H groups in total. The molecular weight excluding hydrogens is 438 g/mol. The summed E-state index contributed by atoms with van der Waals surface area (Å²) in [6, 6.07) is 10.6. The second-order valence-corrected chi connectivity index (χ2v) is 9.52. The minimum atomic E-state index is 0.0292. The summed E-state index contributed by atoms with van der Waals surface area (Å²) < 4.78 is 5.66. The maximum absolute atomic E-state index is 13.5. The highest BCUT2D eigenvalue weighted by molar-refractivity contribution is 6.14. The Bertz CT molecular complexity index is 1800. The van der Waals surface area contributed by atoms with E-state index in [1.807, 2.05) is 47.9 Å². The van der Waals surface area contributed by atoms with E-state index in [2.05, 4.69) is 33.3 Å². The van der Waals surface area contributed by atoms with E-state index < -0.39 is 0 Å². The lowest BCUT2D eigenvalue weighted by atomic mass is 9.97. The molecule has 35 heavy (non-hydrogen) atoms. The molecule has 0 radical (unpaired) electrons. The molecule has 1 aromatic carbocycles. The molecule has 1 fully saturated rings. The van der Waals surface area contributed by atoms with Gasteiger partial charge in [0.1, 0.15) is 5.65 Å². The summed E-state index contributed by atoms with van der Waals surface area (Å²) in [5.74, 6) is 0. The topological polar surface area (TPSA) is 86.3 Å². The average molecular weight is 464 g/mol. The number of hydrogen-bond acceptors (Lipinski definition) is 4. The third kappa shape index (κ3) is 2.86. The van der Waals surface area contributed by atoms with Crippen LogP contribution in [0.3, 0.4) is 0 Å². The van der Waals surface area contributed by atoms with E-state index in [4.69, 9.17) is 4.98 Å². The van der Waals surface area contributed by atoms with Gasteiger partial charge < -0.3 is 4.98 Å². The average Bonchev–Trinajstić information content (AvgIpc) is 3.66. The van der Waals surface area contributed by atoms with Crippen molar-refractivity contribution in [3.63, 3.8) is 0 Å². The van der Waals surface area contributed by atoms with Crippen molar-refractivity contribution in [1.29, 1.82) is 0 Å². The number of aromatic amines is 1. The van der Waals surface area contributed by atoms with Crippen molar-refractivity contribution >= 4 is 33.0 Å². The van der Waals surface area contributed by atoms with Crippen molar-refractivity contribution in [2.75, 3.05) is 0 Å². The van der Waals surface area contributed by atoms with Crippen LogP contribution in [-0.2, 0) is 14.1 Å². The highest BCUT2D eigenvalue weighted by Gasteiger charge is 2.27. The van der Waals surface area contributed by atoms with E-state index in [9.17, 15) is 4.79 Å². The Labute approximate surface area is 200 Å². The first kappa shape index (κ1) is 20.2. The van der Waals surface area contributed by atoms with Crippen LogP contribution in [0.1, 0.15) is 31.7 Å². The quantitative estimate of drug-likeness (QED) is 0.402. The summed E-state index contributed by atoms with van der Waals surface area (Å²) in [5, 5.41) is 6.49. The van der Waals surface area contributed by atoms with Gasteiger partial charge in [0, 0.05) is 49.0 Å². The van der Waals surface area contributed by atoms with Gasteiger partial charge in [-0.15, -0.1) is 0 Å². The van der Waals surface area contributed by atoms with Crippen LogP contribution >= 0.6 is 0 Å². The third-order valence-corrected chi connectivity index (χ3v) is 7.56. The number of nitrogens with one attached hydrogen (secondary N) is 1. The number of nitrogens with zero attached hydrogens (tertiary/aromatic N) is 6. The molecule has 0 bridgehead atoms. The van der Waals surface area contributed by atoms with Crippen LogP contribution in [0.4, 0.5) is 0 Å². The summed E-state index contributed by atoms with van der Waals surface area (Å²) >= 11 is 0. The molecule has 1 saturated carbocycles. The number of H-pyrrole nitrogens is 1. The van der Waals surface area contributed by atoms with Crippen LogP contribution in [-0.4, -0.2) is 33.9 Å².